The van der Waals surface area contributed by atoms with Crippen LogP contribution in [0.15, 0.2) is 54.6 Å². The number of aryl methyl sites for hydroxylation is 1. The molecule has 29 heavy (non-hydrogen) atoms. The summed E-state index contributed by atoms with van der Waals surface area (Å²) in [7, 11) is 0. The van der Waals surface area contributed by atoms with Crippen LogP contribution in [0.5, 0.6) is 0 Å². The van der Waals surface area contributed by atoms with Crippen LogP contribution in [0, 0.1) is 6.92 Å². The van der Waals surface area contributed by atoms with Crippen LogP contribution in [0.4, 0.5) is 0 Å². The summed E-state index contributed by atoms with van der Waals surface area (Å²) in [6, 6.07) is 17.8. The summed E-state index contributed by atoms with van der Waals surface area (Å²) in [5.74, 6) is 1.08. The number of rotatable bonds is 11. The van der Waals surface area contributed by atoms with Crippen molar-refractivity contribution in [3.63, 3.8) is 0 Å². The Balaban J connectivity index is 2.10. The number of carbonyl (C=O) groups is 2. The fourth-order valence-electron chi connectivity index (χ4n) is 3.21. The van der Waals surface area contributed by atoms with Crippen LogP contribution >= 0.6 is 11.8 Å². The summed E-state index contributed by atoms with van der Waals surface area (Å²) in [5, 5.41) is 2.96. The number of benzene rings is 2. The molecule has 0 spiro atoms. The molecule has 1 N–H and O–H groups in total. The predicted molar refractivity (Wildman–Crippen MR) is 122 cm³/mol. The maximum absolute atomic E-state index is 13.1. The molecule has 0 aliphatic carbocycles. The minimum Gasteiger partial charge on any atom is -0.354 e. The minimum absolute atomic E-state index is 0.00550. The van der Waals surface area contributed by atoms with E-state index in [1.165, 1.54) is 5.56 Å². The van der Waals surface area contributed by atoms with Gasteiger partial charge >= 0.3 is 0 Å². The molecule has 0 bridgehead atoms. The molecule has 0 aromatic heterocycles. The summed E-state index contributed by atoms with van der Waals surface area (Å²) in [6.45, 7) is 7.10. The third-order valence-corrected chi connectivity index (χ3v) is 5.70. The molecule has 1 unspecified atom stereocenters. The number of nitrogens with one attached hydrogen (secondary N) is 1. The second kappa shape index (κ2) is 12.3. The van der Waals surface area contributed by atoms with Crippen molar-refractivity contribution in [2.45, 2.75) is 52.0 Å². The van der Waals surface area contributed by atoms with Gasteiger partial charge in [-0.2, -0.15) is 0 Å². The van der Waals surface area contributed by atoms with E-state index in [-0.39, 0.29) is 11.8 Å². The summed E-state index contributed by atoms with van der Waals surface area (Å²) >= 11 is 1.59. The van der Waals surface area contributed by atoms with Gasteiger partial charge in [0.1, 0.15) is 6.04 Å². The van der Waals surface area contributed by atoms with Crippen molar-refractivity contribution < 1.29 is 9.59 Å². The van der Waals surface area contributed by atoms with Crippen LogP contribution in [-0.2, 0) is 21.9 Å². The van der Waals surface area contributed by atoms with Gasteiger partial charge in [0.05, 0.1) is 5.75 Å². The molecule has 0 saturated heterocycles. The van der Waals surface area contributed by atoms with Gasteiger partial charge < -0.3 is 10.2 Å². The zero-order valence-electron chi connectivity index (χ0n) is 17.7. The number of carbonyl (C=O) groups excluding carboxylic acids is 2. The van der Waals surface area contributed by atoms with E-state index in [2.05, 4.69) is 23.5 Å². The van der Waals surface area contributed by atoms with Crippen molar-refractivity contribution in [1.29, 1.82) is 0 Å². The van der Waals surface area contributed by atoms with Gasteiger partial charge in [-0.1, -0.05) is 74.0 Å². The van der Waals surface area contributed by atoms with Crippen molar-refractivity contribution in [2.75, 3.05) is 12.3 Å². The number of amides is 2. The van der Waals surface area contributed by atoms with Gasteiger partial charge in [-0.3, -0.25) is 9.59 Å². The Morgan fingerprint density at radius 2 is 1.76 bits per heavy atom. The summed E-state index contributed by atoms with van der Waals surface area (Å²) in [4.78, 5) is 27.6. The first-order valence-corrected chi connectivity index (χ1v) is 11.4. The third kappa shape index (κ3) is 7.58. The molecule has 5 heteroatoms. The molecule has 0 fully saturated rings. The predicted octanol–water partition coefficient (Wildman–Crippen LogP) is 4.56. The highest BCUT2D eigenvalue weighted by Gasteiger charge is 2.28. The van der Waals surface area contributed by atoms with Crippen molar-refractivity contribution in [2.24, 2.45) is 0 Å². The Morgan fingerprint density at radius 1 is 1.03 bits per heavy atom. The van der Waals surface area contributed by atoms with E-state index in [0.717, 1.165) is 23.3 Å². The summed E-state index contributed by atoms with van der Waals surface area (Å²) in [5.41, 5.74) is 3.40. The molecule has 0 saturated carbocycles. The largest absolute Gasteiger partial charge is 0.354 e. The van der Waals surface area contributed by atoms with E-state index in [1.807, 2.05) is 57.2 Å². The van der Waals surface area contributed by atoms with Gasteiger partial charge in [0.15, 0.2) is 0 Å². The quantitative estimate of drug-likeness (QED) is 0.588. The Morgan fingerprint density at radius 3 is 2.41 bits per heavy atom. The van der Waals surface area contributed by atoms with E-state index < -0.39 is 6.04 Å². The highest BCUT2D eigenvalue weighted by Crippen LogP contribution is 2.17. The molecule has 0 radical (unpaired) electrons. The van der Waals surface area contributed by atoms with Gasteiger partial charge in [-0.05, 0) is 30.9 Å². The van der Waals surface area contributed by atoms with Gasteiger partial charge in [0.2, 0.25) is 11.8 Å². The smallest absolute Gasteiger partial charge is 0.242 e. The van der Waals surface area contributed by atoms with E-state index in [1.54, 1.807) is 16.7 Å². The standard InChI is InChI=1S/C24H32N2O2S/c1-4-14-25-24(28)22(5-2)26(16-21-13-9-10-19(3)15-21)23(27)18-29-17-20-11-7-6-8-12-20/h6-13,15,22H,4-5,14,16-18H2,1-3H3,(H,25,28). The summed E-state index contributed by atoms with van der Waals surface area (Å²) < 4.78 is 0. The maximum atomic E-state index is 13.1. The normalized spacial score (nSPS) is 11.7. The molecule has 2 amide bonds. The first kappa shape index (κ1) is 23.0. The second-order valence-electron chi connectivity index (χ2n) is 7.20. The van der Waals surface area contributed by atoms with E-state index in [9.17, 15) is 9.59 Å². The lowest BCUT2D eigenvalue weighted by atomic mass is 10.1. The monoisotopic (exact) mass is 412 g/mol. The van der Waals surface area contributed by atoms with Crippen LogP contribution in [-0.4, -0.2) is 35.1 Å². The van der Waals surface area contributed by atoms with Gasteiger partial charge in [-0.25, -0.2) is 0 Å². The molecule has 156 valence electrons. The average molecular weight is 413 g/mol. The van der Waals surface area contributed by atoms with Crippen LogP contribution in [0.25, 0.3) is 0 Å². The van der Waals surface area contributed by atoms with E-state index in [0.29, 0.717) is 25.3 Å². The Kier molecular flexibility index (Phi) is 9.78. The first-order valence-electron chi connectivity index (χ1n) is 10.3. The van der Waals surface area contributed by atoms with Crippen LogP contribution in [0.3, 0.4) is 0 Å². The molecule has 2 rings (SSSR count). The number of hydrogen-bond donors (Lipinski definition) is 1. The van der Waals surface area contributed by atoms with Gasteiger partial charge in [0, 0.05) is 18.8 Å². The third-order valence-electron chi connectivity index (χ3n) is 4.71. The lowest BCUT2D eigenvalue weighted by molar-refractivity contribution is -0.139. The molecule has 0 aliphatic heterocycles. The van der Waals surface area contributed by atoms with Crippen LogP contribution in [0.2, 0.25) is 0 Å². The first-order chi connectivity index (χ1) is 14.0. The molecule has 4 nitrogen and oxygen atoms in total. The topological polar surface area (TPSA) is 49.4 Å². The SMILES string of the molecule is CCCNC(=O)C(CC)N(Cc1cccc(C)c1)C(=O)CSCc1ccccc1. The zero-order chi connectivity index (χ0) is 21.1. The van der Waals surface area contributed by atoms with Crippen LogP contribution < -0.4 is 5.32 Å². The summed E-state index contributed by atoms with van der Waals surface area (Å²) in [6.07, 6.45) is 1.47. The molecular formula is C24H32N2O2S. The molecular weight excluding hydrogens is 380 g/mol. The Hall–Kier alpha value is -2.27. The fourth-order valence-corrected chi connectivity index (χ4v) is 4.08. The average Bonchev–Trinajstić information content (AvgIpc) is 2.72. The van der Waals surface area contributed by atoms with Crippen LogP contribution in [0.1, 0.15) is 43.4 Å². The van der Waals surface area contributed by atoms with Crippen molar-refractivity contribution in [3.8, 4) is 0 Å². The highest BCUT2D eigenvalue weighted by molar-refractivity contribution is 7.99. The van der Waals surface area contributed by atoms with Gasteiger partial charge in [0.25, 0.3) is 0 Å². The maximum Gasteiger partial charge on any atom is 0.242 e. The second-order valence-corrected chi connectivity index (χ2v) is 8.19. The molecule has 2 aromatic rings. The Labute approximate surface area is 179 Å². The lowest BCUT2D eigenvalue weighted by Crippen LogP contribution is -2.49. The van der Waals surface area contributed by atoms with E-state index >= 15 is 0 Å². The van der Waals surface area contributed by atoms with Crippen molar-refractivity contribution in [3.05, 3.63) is 71.3 Å². The number of hydrogen-bond acceptors (Lipinski definition) is 3. The Bertz CT molecular complexity index is 779. The minimum atomic E-state index is -0.452. The molecule has 1 atom stereocenters. The molecule has 0 heterocycles. The molecule has 2 aromatic carbocycles. The van der Waals surface area contributed by atoms with Crippen molar-refractivity contribution in [1.82, 2.24) is 10.2 Å². The number of thioether (sulfide) groups is 1. The molecule has 0 aliphatic rings. The van der Waals surface area contributed by atoms with E-state index in [4.69, 9.17) is 0 Å². The highest BCUT2D eigenvalue weighted by atomic mass is 32.2. The van der Waals surface area contributed by atoms with Gasteiger partial charge in [-0.15, -0.1) is 11.8 Å². The number of nitrogens with zero attached hydrogens (tertiary/aromatic N) is 1. The zero-order valence-corrected chi connectivity index (χ0v) is 18.5. The lowest BCUT2D eigenvalue weighted by Gasteiger charge is -2.30. The van der Waals surface area contributed by atoms with Crippen molar-refractivity contribution >= 4 is 23.6 Å². The fraction of sp³-hybridized carbons (Fsp3) is 0.417.